The largest absolute Gasteiger partial charge is 0.496 e. The molecule has 1 saturated heterocycles. The molecule has 0 bridgehead atoms. The number of piperazine rings is 1. The van der Waals surface area contributed by atoms with Crippen molar-refractivity contribution in [3.63, 3.8) is 0 Å². The summed E-state index contributed by atoms with van der Waals surface area (Å²) in [5, 5.41) is 3.26. The Balaban J connectivity index is 2.24. The van der Waals surface area contributed by atoms with Gasteiger partial charge in [0.25, 0.3) is 5.91 Å². The number of carbonyl (C=O) groups excluding carboxylic acids is 1. The van der Waals surface area contributed by atoms with Crippen molar-refractivity contribution in [3.05, 3.63) is 29.3 Å². The summed E-state index contributed by atoms with van der Waals surface area (Å²) in [6.45, 7) is 7.52. The van der Waals surface area contributed by atoms with Crippen LogP contribution in [0, 0.1) is 0 Å². The molecule has 1 N–H and O–H groups in total. The minimum atomic E-state index is 0.117. The van der Waals surface area contributed by atoms with Gasteiger partial charge in [0.15, 0.2) is 0 Å². The van der Waals surface area contributed by atoms with Crippen LogP contribution in [0.5, 0.6) is 5.75 Å². The molecular formula is C15H22N2O2. The fourth-order valence-corrected chi connectivity index (χ4v) is 2.37. The van der Waals surface area contributed by atoms with E-state index in [9.17, 15) is 4.79 Å². The topological polar surface area (TPSA) is 41.6 Å². The van der Waals surface area contributed by atoms with E-state index in [0.29, 0.717) is 5.92 Å². The summed E-state index contributed by atoms with van der Waals surface area (Å²) in [7, 11) is 1.67. The number of hydrogen-bond acceptors (Lipinski definition) is 3. The molecular weight excluding hydrogens is 240 g/mol. The van der Waals surface area contributed by atoms with E-state index in [4.69, 9.17) is 4.74 Å². The molecule has 1 aliphatic heterocycles. The van der Waals surface area contributed by atoms with Crippen LogP contribution in [0.4, 0.5) is 0 Å². The van der Waals surface area contributed by atoms with E-state index in [1.807, 2.05) is 23.1 Å². The Bertz CT molecular complexity index is 451. The highest BCUT2D eigenvalue weighted by atomic mass is 16.5. The lowest BCUT2D eigenvalue weighted by atomic mass is 9.99. The number of ether oxygens (including phenoxy) is 1. The number of rotatable bonds is 3. The maximum atomic E-state index is 12.4. The van der Waals surface area contributed by atoms with Crippen LogP contribution in [0.3, 0.4) is 0 Å². The summed E-state index contributed by atoms with van der Waals surface area (Å²) in [5.41, 5.74) is 1.84. The Kier molecular flexibility index (Phi) is 4.43. The standard InChI is InChI=1S/C15H22N2O2/c1-11(2)13-10-12(4-5-14(13)19-3)15(18)17-8-6-16-7-9-17/h4-5,10-11,16H,6-9H2,1-3H3. The smallest absolute Gasteiger partial charge is 0.253 e. The zero-order chi connectivity index (χ0) is 13.8. The molecule has 4 heteroatoms. The number of hydrogen-bond donors (Lipinski definition) is 1. The molecule has 1 aromatic rings. The SMILES string of the molecule is COc1ccc(C(=O)N2CCNCC2)cc1C(C)C. The first-order valence-electron chi connectivity index (χ1n) is 6.81. The second kappa shape index (κ2) is 6.06. The monoisotopic (exact) mass is 262 g/mol. The first kappa shape index (κ1) is 13.9. The molecule has 4 nitrogen and oxygen atoms in total. The summed E-state index contributed by atoms with van der Waals surface area (Å²) in [4.78, 5) is 14.3. The first-order chi connectivity index (χ1) is 9.13. The van der Waals surface area contributed by atoms with Gasteiger partial charge in [-0.3, -0.25) is 4.79 Å². The molecule has 0 aromatic heterocycles. The molecule has 0 radical (unpaired) electrons. The van der Waals surface area contributed by atoms with Crippen LogP contribution < -0.4 is 10.1 Å². The Morgan fingerprint density at radius 2 is 2.00 bits per heavy atom. The second-order valence-electron chi connectivity index (χ2n) is 5.15. The van der Waals surface area contributed by atoms with Crippen LogP contribution in [-0.4, -0.2) is 44.1 Å². The molecule has 19 heavy (non-hydrogen) atoms. The summed E-state index contributed by atoms with van der Waals surface area (Å²) in [6.07, 6.45) is 0. The third-order valence-electron chi connectivity index (χ3n) is 3.50. The van der Waals surface area contributed by atoms with E-state index in [2.05, 4.69) is 19.2 Å². The summed E-state index contributed by atoms with van der Waals surface area (Å²) >= 11 is 0. The van der Waals surface area contributed by atoms with Gasteiger partial charge in [-0.25, -0.2) is 0 Å². The van der Waals surface area contributed by atoms with Crippen LogP contribution in [-0.2, 0) is 0 Å². The van der Waals surface area contributed by atoms with E-state index in [-0.39, 0.29) is 5.91 Å². The number of amides is 1. The van der Waals surface area contributed by atoms with E-state index in [1.165, 1.54) is 0 Å². The zero-order valence-electron chi connectivity index (χ0n) is 11.9. The fourth-order valence-electron chi connectivity index (χ4n) is 2.37. The molecule has 0 atom stereocenters. The highest BCUT2D eigenvalue weighted by Crippen LogP contribution is 2.27. The van der Waals surface area contributed by atoms with Gasteiger partial charge in [0.05, 0.1) is 7.11 Å². The van der Waals surface area contributed by atoms with E-state index >= 15 is 0 Å². The van der Waals surface area contributed by atoms with Crippen LogP contribution >= 0.6 is 0 Å². The molecule has 0 aliphatic carbocycles. The Hall–Kier alpha value is -1.55. The van der Waals surface area contributed by atoms with Crippen LogP contribution in [0.25, 0.3) is 0 Å². The van der Waals surface area contributed by atoms with Gasteiger partial charge >= 0.3 is 0 Å². The zero-order valence-corrected chi connectivity index (χ0v) is 11.9. The molecule has 0 unspecified atom stereocenters. The number of nitrogens with one attached hydrogen (secondary N) is 1. The summed E-state index contributed by atoms with van der Waals surface area (Å²) in [6, 6.07) is 5.72. The van der Waals surface area contributed by atoms with Crippen LogP contribution in [0.1, 0.15) is 35.7 Å². The van der Waals surface area contributed by atoms with Crippen molar-refractivity contribution in [2.75, 3.05) is 33.3 Å². The van der Waals surface area contributed by atoms with Crippen molar-refractivity contribution in [2.24, 2.45) is 0 Å². The average molecular weight is 262 g/mol. The molecule has 1 heterocycles. The predicted molar refractivity (Wildman–Crippen MR) is 75.9 cm³/mol. The minimum Gasteiger partial charge on any atom is -0.496 e. The number of carbonyl (C=O) groups is 1. The minimum absolute atomic E-state index is 0.117. The summed E-state index contributed by atoms with van der Waals surface area (Å²) < 4.78 is 5.35. The van der Waals surface area contributed by atoms with Crippen LogP contribution in [0.2, 0.25) is 0 Å². The average Bonchev–Trinajstić information content (AvgIpc) is 2.46. The van der Waals surface area contributed by atoms with Gasteiger partial charge in [-0.15, -0.1) is 0 Å². The Morgan fingerprint density at radius 3 is 2.58 bits per heavy atom. The number of methoxy groups -OCH3 is 1. The quantitative estimate of drug-likeness (QED) is 0.904. The molecule has 0 saturated carbocycles. The van der Waals surface area contributed by atoms with Gasteiger partial charge in [0, 0.05) is 31.7 Å². The third-order valence-corrected chi connectivity index (χ3v) is 3.50. The maximum absolute atomic E-state index is 12.4. The van der Waals surface area contributed by atoms with Crippen molar-refractivity contribution in [3.8, 4) is 5.75 Å². The molecule has 104 valence electrons. The van der Waals surface area contributed by atoms with Crippen molar-refractivity contribution in [1.82, 2.24) is 10.2 Å². The highest BCUT2D eigenvalue weighted by Gasteiger charge is 2.19. The van der Waals surface area contributed by atoms with Crippen LogP contribution in [0.15, 0.2) is 18.2 Å². The third kappa shape index (κ3) is 3.07. The van der Waals surface area contributed by atoms with Gasteiger partial charge in [0.1, 0.15) is 5.75 Å². The molecule has 0 spiro atoms. The normalized spacial score (nSPS) is 15.7. The maximum Gasteiger partial charge on any atom is 0.253 e. The van der Waals surface area contributed by atoms with E-state index in [0.717, 1.165) is 43.1 Å². The van der Waals surface area contributed by atoms with Crippen molar-refractivity contribution in [2.45, 2.75) is 19.8 Å². The number of benzene rings is 1. The first-order valence-corrected chi connectivity index (χ1v) is 6.81. The van der Waals surface area contributed by atoms with Gasteiger partial charge in [-0.05, 0) is 29.7 Å². The molecule has 1 aliphatic rings. The molecule has 2 rings (SSSR count). The second-order valence-corrected chi connectivity index (χ2v) is 5.15. The lowest BCUT2D eigenvalue weighted by molar-refractivity contribution is 0.0735. The van der Waals surface area contributed by atoms with Crippen molar-refractivity contribution < 1.29 is 9.53 Å². The number of nitrogens with zero attached hydrogens (tertiary/aromatic N) is 1. The Morgan fingerprint density at radius 1 is 1.32 bits per heavy atom. The predicted octanol–water partition coefficient (Wildman–Crippen LogP) is 1.86. The summed E-state index contributed by atoms with van der Waals surface area (Å²) in [5.74, 6) is 1.31. The highest BCUT2D eigenvalue weighted by molar-refractivity contribution is 5.94. The van der Waals surface area contributed by atoms with Gasteiger partial charge in [-0.1, -0.05) is 13.8 Å². The molecule has 1 amide bonds. The lowest BCUT2D eigenvalue weighted by Crippen LogP contribution is -2.46. The lowest BCUT2D eigenvalue weighted by Gasteiger charge is -2.27. The Labute approximate surface area is 114 Å². The van der Waals surface area contributed by atoms with Crippen molar-refractivity contribution in [1.29, 1.82) is 0 Å². The van der Waals surface area contributed by atoms with E-state index < -0.39 is 0 Å². The van der Waals surface area contributed by atoms with Gasteiger partial charge in [-0.2, -0.15) is 0 Å². The van der Waals surface area contributed by atoms with Gasteiger partial charge < -0.3 is 15.0 Å². The fraction of sp³-hybridized carbons (Fsp3) is 0.533. The van der Waals surface area contributed by atoms with Crippen molar-refractivity contribution >= 4 is 5.91 Å². The van der Waals surface area contributed by atoms with Gasteiger partial charge in [0.2, 0.25) is 0 Å². The van der Waals surface area contributed by atoms with E-state index in [1.54, 1.807) is 7.11 Å². The molecule has 1 fully saturated rings. The molecule has 1 aromatic carbocycles.